The molecule has 1 heterocycles. The Kier molecular flexibility index (Phi) is 3.09. The molecule has 1 saturated heterocycles. The quantitative estimate of drug-likeness (QED) is 0.602. The van der Waals surface area contributed by atoms with Crippen LogP contribution in [0.25, 0.3) is 0 Å². The lowest BCUT2D eigenvalue weighted by atomic mass is 10.0. The maximum Gasteiger partial charge on any atom is 0.123 e. The molecule has 2 unspecified atom stereocenters. The Balaban J connectivity index is 2.11. The zero-order chi connectivity index (χ0) is 7.40. The van der Waals surface area contributed by atoms with E-state index in [0.29, 0.717) is 12.3 Å². The maximum absolute atomic E-state index is 12.5. The van der Waals surface area contributed by atoms with Gasteiger partial charge in [-0.25, -0.2) is 4.39 Å². The van der Waals surface area contributed by atoms with Gasteiger partial charge in [-0.05, 0) is 31.8 Å². The molecule has 2 atom stereocenters. The average molecular weight is 147 g/mol. The number of rotatable bonds is 3. The predicted molar refractivity (Wildman–Crippen MR) is 37.6 cm³/mol. The zero-order valence-electron chi connectivity index (χ0n) is 6.02. The van der Waals surface area contributed by atoms with Gasteiger partial charge in [0.05, 0.1) is 6.61 Å². The van der Waals surface area contributed by atoms with Crippen LogP contribution in [0.1, 0.15) is 12.8 Å². The van der Waals surface area contributed by atoms with Crippen molar-refractivity contribution >= 4 is 0 Å². The number of aliphatic hydroxyl groups excluding tert-OH is 1. The fourth-order valence-corrected chi connectivity index (χ4v) is 1.35. The molecule has 1 aliphatic rings. The summed E-state index contributed by atoms with van der Waals surface area (Å²) in [5.74, 6) is 0.446. The third-order valence-electron chi connectivity index (χ3n) is 1.95. The molecule has 0 aromatic heterocycles. The minimum Gasteiger partial charge on any atom is -0.393 e. The van der Waals surface area contributed by atoms with Crippen LogP contribution in [-0.4, -0.2) is 31.0 Å². The van der Waals surface area contributed by atoms with Gasteiger partial charge < -0.3 is 10.4 Å². The predicted octanol–water partition coefficient (Wildman–Crippen LogP) is 0.316. The summed E-state index contributed by atoms with van der Waals surface area (Å²) in [6, 6.07) is 0. The van der Waals surface area contributed by atoms with Crippen LogP contribution >= 0.6 is 0 Å². The normalized spacial score (nSPS) is 28.8. The molecular weight excluding hydrogens is 133 g/mol. The largest absolute Gasteiger partial charge is 0.393 e. The van der Waals surface area contributed by atoms with E-state index in [1.54, 1.807) is 0 Å². The fourth-order valence-electron chi connectivity index (χ4n) is 1.35. The zero-order valence-corrected chi connectivity index (χ0v) is 6.02. The molecule has 0 saturated carbocycles. The highest BCUT2D eigenvalue weighted by atomic mass is 19.1. The highest BCUT2D eigenvalue weighted by Crippen LogP contribution is 2.15. The first-order chi connectivity index (χ1) is 4.83. The van der Waals surface area contributed by atoms with Crippen LogP contribution in [0, 0.1) is 5.92 Å². The van der Waals surface area contributed by atoms with Gasteiger partial charge in [-0.3, -0.25) is 0 Å². The van der Waals surface area contributed by atoms with Crippen LogP contribution in [0.15, 0.2) is 0 Å². The van der Waals surface area contributed by atoms with E-state index < -0.39 is 6.17 Å². The van der Waals surface area contributed by atoms with Crippen molar-refractivity contribution in [3.63, 3.8) is 0 Å². The van der Waals surface area contributed by atoms with Crippen LogP contribution in [-0.2, 0) is 0 Å². The molecule has 0 aromatic rings. The molecule has 10 heavy (non-hydrogen) atoms. The first-order valence-electron chi connectivity index (χ1n) is 3.78. The molecule has 0 amide bonds. The summed E-state index contributed by atoms with van der Waals surface area (Å²) in [5, 5.41) is 11.6. The fraction of sp³-hybridized carbons (Fsp3) is 1.00. The summed E-state index contributed by atoms with van der Waals surface area (Å²) in [7, 11) is 0. The van der Waals surface area contributed by atoms with Crippen LogP contribution in [0.5, 0.6) is 0 Å². The minimum absolute atomic E-state index is 0.323. The average Bonchev–Trinajstić information content (AvgIpc) is 2.40. The molecule has 60 valence electrons. The summed E-state index contributed by atoms with van der Waals surface area (Å²) in [4.78, 5) is 0. The van der Waals surface area contributed by atoms with Gasteiger partial charge in [0, 0.05) is 0 Å². The molecule has 2 nitrogen and oxygen atoms in total. The van der Waals surface area contributed by atoms with Crippen molar-refractivity contribution in [2.24, 2.45) is 5.92 Å². The van der Waals surface area contributed by atoms with E-state index in [1.165, 1.54) is 0 Å². The first-order valence-corrected chi connectivity index (χ1v) is 3.78. The van der Waals surface area contributed by atoms with Gasteiger partial charge in [0.15, 0.2) is 0 Å². The van der Waals surface area contributed by atoms with Gasteiger partial charge in [0.25, 0.3) is 0 Å². The number of hydrogen-bond donors (Lipinski definition) is 2. The highest BCUT2D eigenvalue weighted by molar-refractivity contribution is 4.73. The van der Waals surface area contributed by atoms with Gasteiger partial charge in [0.1, 0.15) is 6.17 Å². The third-order valence-corrected chi connectivity index (χ3v) is 1.95. The Hall–Kier alpha value is -0.150. The molecule has 0 radical (unpaired) electrons. The SMILES string of the molecule is OCC(F)CC1CCNC1. The summed E-state index contributed by atoms with van der Waals surface area (Å²) in [5.41, 5.74) is 0. The van der Waals surface area contributed by atoms with E-state index in [-0.39, 0.29) is 6.61 Å². The van der Waals surface area contributed by atoms with Gasteiger partial charge in [0.2, 0.25) is 0 Å². The monoisotopic (exact) mass is 147 g/mol. The smallest absolute Gasteiger partial charge is 0.123 e. The van der Waals surface area contributed by atoms with Crippen molar-refractivity contribution < 1.29 is 9.50 Å². The lowest BCUT2D eigenvalue weighted by molar-refractivity contribution is 0.155. The van der Waals surface area contributed by atoms with E-state index in [2.05, 4.69) is 5.32 Å². The Morgan fingerprint density at radius 2 is 2.50 bits per heavy atom. The maximum atomic E-state index is 12.5. The van der Waals surface area contributed by atoms with Gasteiger partial charge in [-0.15, -0.1) is 0 Å². The molecule has 3 heteroatoms. The molecule has 2 N–H and O–H groups in total. The van der Waals surface area contributed by atoms with Crippen LogP contribution < -0.4 is 5.32 Å². The van der Waals surface area contributed by atoms with Gasteiger partial charge in [-0.2, -0.15) is 0 Å². The lowest BCUT2D eigenvalue weighted by Crippen LogP contribution is -2.15. The summed E-state index contributed by atoms with van der Waals surface area (Å²) in [6.45, 7) is 1.60. The van der Waals surface area contributed by atoms with Crippen molar-refractivity contribution in [3.8, 4) is 0 Å². The lowest BCUT2D eigenvalue weighted by Gasteiger charge is -2.09. The number of alkyl halides is 1. The van der Waals surface area contributed by atoms with Gasteiger partial charge in [-0.1, -0.05) is 0 Å². The van der Waals surface area contributed by atoms with Crippen molar-refractivity contribution in [1.82, 2.24) is 5.32 Å². The van der Waals surface area contributed by atoms with Crippen molar-refractivity contribution in [3.05, 3.63) is 0 Å². The topological polar surface area (TPSA) is 32.3 Å². The third kappa shape index (κ3) is 2.23. The van der Waals surface area contributed by atoms with Crippen LogP contribution in [0.3, 0.4) is 0 Å². The van der Waals surface area contributed by atoms with E-state index in [9.17, 15) is 4.39 Å². The second-order valence-electron chi connectivity index (χ2n) is 2.87. The highest BCUT2D eigenvalue weighted by Gasteiger charge is 2.18. The van der Waals surface area contributed by atoms with Crippen molar-refractivity contribution in [2.45, 2.75) is 19.0 Å². The van der Waals surface area contributed by atoms with E-state index in [4.69, 9.17) is 5.11 Å². The molecular formula is C7H14FNO. The van der Waals surface area contributed by atoms with E-state index >= 15 is 0 Å². The van der Waals surface area contributed by atoms with E-state index in [1.807, 2.05) is 0 Å². The molecule has 0 spiro atoms. The van der Waals surface area contributed by atoms with Crippen molar-refractivity contribution in [1.29, 1.82) is 0 Å². The molecule has 0 aliphatic carbocycles. The minimum atomic E-state index is -1.01. The Labute approximate surface area is 60.4 Å². The number of nitrogens with one attached hydrogen (secondary N) is 1. The number of hydrogen-bond acceptors (Lipinski definition) is 2. The Morgan fingerprint density at radius 1 is 1.70 bits per heavy atom. The number of halogens is 1. The molecule has 1 fully saturated rings. The number of aliphatic hydroxyl groups is 1. The van der Waals surface area contributed by atoms with Crippen LogP contribution in [0.2, 0.25) is 0 Å². The standard InChI is InChI=1S/C7H14FNO/c8-7(5-10)3-6-1-2-9-4-6/h6-7,9-10H,1-5H2. The molecule has 0 aromatic carbocycles. The van der Waals surface area contributed by atoms with Gasteiger partial charge >= 0.3 is 0 Å². The summed E-state index contributed by atoms with van der Waals surface area (Å²) < 4.78 is 12.5. The summed E-state index contributed by atoms with van der Waals surface area (Å²) >= 11 is 0. The Bertz CT molecular complexity index is 93.6. The van der Waals surface area contributed by atoms with Crippen LogP contribution in [0.4, 0.5) is 4.39 Å². The molecule has 1 rings (SSSR count). The summed E-state index contributed by atoms with van der Waals surface area (Å²) in [6.07, 6.45) is 0.564. The second kappa shape index (κ2) is 3.88. The second-order valence-corrected chi connectivity index (χ2v) is 2.87. The van der Waals surface area contributed by atoms with Crippen molar-refractivity contribution in [2.75, 3.05) is 19.7 Å². The first kappa shape index (κ1) is 7.95. The van der Waals surface area contributed by atoms with E-state index in [0.717, 1.165) is 19.5 Å². The molecule has 0 bridgehead atoms. The molecule has 1 aliphatic heterocycles. The Morgan fingerprint density at radius 3 is 3.00 bits per heavy atom.